The molecule has 1 aromatic rings. The molecule has 0 atom stereocenters. The Hall–Kier alpha value is -1.34. The van der Waals surface area contributed by atoms with Crippen LogP contribution in [0.2, 0.25) is 0 Å². The third-order valence-electron chi connectivity index (χ3n) is 3.00. The van der Waals surface area contributed by atoms with Gasteiger partial charge in [-0.25, -0.2) is 0 Å². The van der Waals surface area contributed by atoms with Crippen LogP contribution < -0.4 is 0 Å². The maximum absolute atomic E-state index is 12.3. The van der Waals surface area contributed by atoms with Gasteiger partial charge in [-0.05, 0) is 49.1 Å². The lowest BCUT2D eigenvalue weighted by Crippen LogP contribution is -2.41. The number of thiophene rings is 1. The fraction of sp³-hybridized carbons (Fsp3) is 0.538. The fourth-order valence-corrected chi connectivity index (χ4v) is 2.40. The summed E-state index contributed by atoms with van der Waals surface area (Å²) in [5.74, 6) is -0.0475. The van der Waals surface area contributed by atoms with Gasteiger partial charge in [0.15, 0.2) is 0 Å². The van der Waals surface area contributed by atoms with E-state index in [1.165, 1.54) is 0 Å². The molecular formula is C13H16N2OS. The molecule has 1 saturated carbocycles. The molecule has 4 heteroatoms. The number of hydrogen-bond acceptors (Lipinski definition) is 3. The maximum Gasteiger partial charge on any atom is 0.243 e. The lowest BCUT2D eigenvalue weighted by molar-refractivity contribution is -0.138. The monoisotopic (exact) mass is 248 g/mol. The van der Waals surface area contributed by atoms with Crippen LogP contribution in [0.1, 0.15) is 32.3 Å². The summed E-state index contributed by atoms with van der Waals surface area (Å²) in [6.45, 7) is 4.02. The van der Waals surface area contributed by atoms with Crippen LogP contribution >= 0.6 is 11.3 Å². The molecule has 0 aromatic carbocycles. The largest absolute Gasteiger partial charge is 0.334 e. The zero-order valence-electron chi connectivity index (χ0n) is 10.1. The Bertz CT molecular complexity index is 440. The lowest BCUT2D eigenvalue weighted by Gasteiger charge is -2.27. The Kier molecular flexibility index (Phi) is 3.21. The second-order valence-electron chi connectivity index (χ2n) is 5.03. The predicted octanol–water partition coefficient (Wildman–Crippen LogP) is 2.79. The molecule has 0 N–H and O–H groups in total. The van der Waals surface area contributed by atoms with E-state index in [1.807, 2.05) is 16.3 Å². The molecule has 0 radical (unpaired) electrons. The van der Waals surface area contributed by atoms with Crippen molar-refractivity contribution in [1.29, 1.82) is 5.26 Å². The summed E-state index contributed by atoms with van der Waals surface area (Å²) in [5.41, 5.74) is 0.238. The summed E-state index contributed by atoms with van der Waals surface area (Å²) in [7, 11) is 0. The van der Waals surface area contributed by atoms with Crippen LogP contribution in [-0.2, 0) is 11.3 Å². The SMILES string of the molecule is CC(C)(C#N)C(=O)N(Cc1ccsc1)C1CC1. The maximum atomic E-state index is 12.3. The van der Waals surface area contributed by atoms with E-state index in [-0.39, 0.29) is 5.91 Å². The minimum atomic E-state index is -0.918. The van der Waals surface area contributed by atoms with Crippen LogP contribution in [0.5, 0.6) is 0 Å². The third kappa shape index (κ3) is 2.67. The number of amides is 1. The average molecular weight is 248 g/mol. The highest BCUT2D eigenvalue weighted by atomic mass is 32.1. The number of carbonyl (C=O) groups excluding carboxylic acids is 1. The van der Waals surface area contributed by atoms with Gasteiger partial charge in [-0.1, -0.05) is 0 Å². The average Bonchev–Trinajstić information content (AvgIpc) is 3.03. The summed E-state index contributed by atoms with van der Waals surface area (Å²) in [6, 6.07) is 4.47. The smallest absolute Gasteiger partial charge is 0.243 e. The van der Waals surface area contributed by atoms with Gasteiger partial charge in [0.25, 0.3) is 0 Å². The third-order valence-corrected chi connectivity index (χ3v) is 3.73. The predicted molar refractivity (Wildman–Crippen MR) is 67.3 cm³/mol. The number of nitriles is 1. The molecule has 0 bridgehead atoms. The second-order valence-corrected chi connectivity index (χ2v) is 5.81. The Balaban J connectivity index is 2.13. The number of nitrogens with zero attached hydrogens (tertiary/aromatic N) is 2. The number of rotatable bonds is 4. The van der Waals surface area contributed by atoms with Crippen molar-refractivity contribution in [3.8, 4) is 6.07 Å². The van der Waals surface area contributed by atoms with Gasteiger partial charge in [0.2, 0.25) is 5.91 Å². The molecule has 0 unspecified atom stereocenters. The highest BCUT2D eigenvalue weighted by Crippen LogP contribution is 2.32. The second kappa shape index (κ2) is 4.50. The van der Waals surface area contributed by atoms with Gasteiger partial charge in [-0.3, -0.25) is 4.79 Å². The first-order valence-electron chi connectivity index (χ1n) is 5.78. The molecule has 1 fully saturated rings. The molecule has 2 rings (SSSR count). The van der Waals surface area contributed by atoms with Crippen molar-refractivity contribution in [2.75, 3.05) is 0 Å². The Labute approximate surface area is 106 Å². The molecule has 1 amide bonds. The van der Waals surface area contributed by atoms with Gasteiger partial charge in [0.05, 0.1) is 6.07 Å². The van der Waals surface area contributed by atoms with Crippen LogP contribution in [0.15, 0.2) is 16.8 Å². The Morgan fingerprint density at radius 3 is 2.82 bits per heavy atom. The van der Waals surface area contributed by atoms with E-state index in [1.54, 1.807) is 25.2 Å². The van der Waals surface area contributed by atoms with Gasteiger partial charge in [0.1, 0.15) is 5.41 Å². The lowest BCUT2D eigenvalue weighted by atomic mass is 9.93. The van der Waals surface area contributed by atoms with Crippen LogP contribution in [0.3, 0.4) is 0 Å². The molecule has 1 aliphatic rings. The van der Waals surface area contributed by atoms with E-state index < -0.39 is 5.41 Å². The minimum absolute atomic E-state index is 0.0475. The molecule has 1 aromatic heterocycles. The van der Waals surface area contributed by atoms with Crippen molar-refractivity contribution in [3.05, 3.63) is 22.4 Å². The Morgan fingerprint density at radius 1 is 1.65 bits per heavy atom. The first-order chi connectivity index (χ1) is 8.04. The molecule has 0 aliphatic heterocycles. The van der Waals surface area contributed by atoms with Crippen molar-refractivity contribution < 1.29 is 4.79 Å². The van der Waals surface area contributed by atoms with Gasteiger partial charge in [-0.15, -0.1) is 0 Å². The normalized spacial score (nSPS) is 15.4. The van der Waals surface area contributed by atoms with Crippen molar-refractivity contribution in [3.63, 3.8) is 0 Å². The van der Waals surface area contributed by atoms with E-state index in [4.69, 9.17) is 5.26 Å². The van der Waals surface area contributed by atoms with Crippen LogP contribution in [0.25, 0.3) is 0 Å². The van der Waals surface area contributed by atoms with Crippen molar-refractivity contribution in [1.82, 2.24) is 4.90 Å². The van der Waals surface area contributed by atoms with E-state index in [0.29, 0.717) is 12.6 Å². The van der Waals surface area contributed by atoms with Crippen molar-refractivity contribution in [2.45, 2.75) is 39.3 Å². The highest BCUT2D eigenvalue weighted by molar-refractivity contribution is 7.07. The van der Waals surface area contributed by atoms with E-state index in [9.17, 15) is 4.79 Å². The summed E-state index contributed by atoms with van der Waals surface area (Å²) < 4.78 is 0. The van der Waals surface area contributed by atoms with Crippen LogP contribution in [-0.4, -0.2) is 16.8 Å². The van der Waals surface area contributed by atoms with Crippen molar-refractivity contribution in [2.24, 2.45) is 5.41 Å². The van der Waals surface area contributed by atoms with Gasteiger partial charge >= 0.3 is 0 Å². The van der Waals surface area contributed by atoms with Gasteiger partial charge in [0, 0.05) is 12.6 Å². The summed E-state index contributed by atoms with van der Waals surface area (Å²) in [4.78, 5) is 14.2. The van der Waals surface area contributed by atoms with E-state index in [0.717, 1.165) is 18.4 Å². The number of hydrogen-bond donors (Lipinski definition) is 0. The first kappa shape index (κ1) is 12.1. The molecule has 3 nitrogen and oxygen atoms in total. The van der Waals surface area contributed by atoms with Gasteiger partial charge in [-0.2, -0.15) is 16.6 Å². The van der Waals surface area contributed by atoms with Crippen molar-refractivity contribution >= 4 is 17.2 Å². The van der Waals surface area contributed by atoms with Crippen LogP contribution in [0.4, 0.5) is 0 Å². The Morgan fingerprint density at radius 2 is 2.35 bits per heavy atom. The summed E-state index contributed by atoms with van der Waals surface area (Å²) in [5, 5.41) is 13.1. The highest BCUT2D eigenvalue weighted by Gasteiger charge is 2.39. The topological polar surface area (TPSA) is 44.1 Å². The van der Waals surface area contributed by atoms with Gasteiger partial charge < -0.3 is 4.90 Å². The standard InChI is InChI=1S/C13H16N2OS/c1-13(2,9-14)12(16)15(11-3-4-11)7-10-5-6-17-8-10/h5-6,8,11H,3-4,7H2,1-2H3. The summed E-state index contributed by atoms with van der Waals surface area (Å²) >= 11 is 1.64. The zero-order valence-corrected chi connectivity index (χ0v) is 11.0. The zero-order chi connectivity index (χ0) is 12.5. The summed E-state index contributed by atoms with van der Waals surface area (Å²) in [6.07, 6.45) is 2.13. The first-order valence-corrected chi connectivity index (χ1v) is 6.72. The molecule has 17 heavy (non-hydrogen) atoms. The molecular weight excluding hydrogens is 232 g/mol. The molecule has 1 aliphatic carbocycles. The molecule has 90 valence electrons. The van der Waals surface area contributed by atoms with Crippen LogP contribution in [0, 0.1) is 16.7 Å². The molecule has 0 saturated heterocycles. The number of carbonyl (C=O) groups is 1. The molecule has 0 spiro atoms. The molecule has 1 heterocycles. The van der Waals surface area contributed by atoms with E-state index in [2.05, 4.69) is 11.4 Å². The quantitative estimate of drug-likeness (QED) is 0.822. The van der Waals surface area contributed by atoms with E-state index >= 15 is 0 Å². The fourth-order valence-electron chi connectivity index (χ4n) is 1.74. The minimum Gasteiger partial charge on any atom is -0.334 e.